The zero-order chi connectivity index (χ0) is 10.1. The number of carbonyl (C=O) groups excluding carboxylic acids is 1. The lowest BCUT2D eigenvalue weighted by Crippen LogP contribution is -2.08. The average molecular weight is 193 g/mol. The lowest BCUT2D eigenvalue weighted by atomic mass is 10.1. The van der Waals surface area contributed by atoms with E-state index < -0.39 is 0 Å². The fourth-order valence-electron chi connectivity index (χ4n) is 1.58. The van der Waals surface area contributed by atoms with E-state index in [0.717, 1.165) is 18.4 Å². The Morgan fingerprint density at radius 3 is 2.79 bits per heavy atom. The molecule has 1 amide bonds. The second-order valence-corrected chi connectivity index (χ2v) is 3.69. The SMILES string of the molecule is CC(=O)Nc1cc(F)ccc1C1CC1. The van der Waals surface area contributed by atoms with Gasteiger partial charge in [-0.15, -0.1) is 0 Å². The van der Waals surface area contributed by atoms with Crippen molar-refractivity contribution in [3.8, 4) is 0 Å². The zero-order valence-electron chi connectivity index (χ0n) is 8.01. The molecule has 0 aliphatic heterocycles. The number of hydrogen-bond donors (Lipinski definition) is 1. The minimum atomic E-state index is -0.307. The quantitative estimate of drug-likeness (QED) is 0.768. The Bertz CT molecular complexity index is 372. The van der Waals surface area contributed by atoms with E-state index >= 15 is 0 Å². The second kappa shape index (κ2) is 3.40. The molecule has 0 bridgehead atoms. The van der Waals surface area contributed by atoms with Crippen LogP contribution >= 0.6 is 0 Å². The van der Waals surface area contributed by atoms with E-state index in [0.29, 0.717) is 11.6 Å². The minimum Gasteiger partial charge on any atom is -0.326 e. The molecule has 2 rings (SSSR count). The third-order valence-electron chi connectivity index (χ3n) is 2.34. The Kier molecular flexibility index (Phi) is 2.23. The summed E-state index contributed by atoms with van der Waals surface area (Å²) < 4.78 is 12.9. The number of nitrogens with one attached hydrogen (secondary N) is 1. The summed E-state index contributed by atoms with van der Waals surface area (Å²) >= 11 is 0. The molecule has 14 heavy (non-hydrogen) atoms. The summed E-state index contributed by atoms with van der Waals surface area (Å²) in [7, 11) is 0. The Labute approximate surface area is 82.1 Å². The van der Waals surface area contributed by atoms with Crippen molar-refractivity contribution in [3.05, 3.63) is 29.6 Å². The van der Waals surface area contributed by atoms with Crippen molar-refractivity contribution < 1.29 is 9.18 Å². The molecule has 1 fully saturated rings. The van der Waals surface area contributed by atoms with Crippen LogP contribution in [0.15, 0.2) is 18.2 Å². The maximum Gasteiger partial charge on any atom is 0.221 e. The number of amides is 1. The monoisotopic (exact) mass is 193 g/mol. The van der Waals surface area contributed by atoms with E-state index in [1.54, 1.807) is 6.07 Å². The molecule has 1 aliphatic carbocycles. The molecule has 0 spiro atoms. The Balaban J connectivity index is 2.32. The molecule has 1 aromatic carbocycles. The molecule has 3 heteroatoms. The highest BCUT2D eigenvalue weighted by Crippen LogP contribution is 2.43. The number of halogens is 1. The Morgan fingerprint density at radius 2 is 2.21 bits per heavy atom. The van der Waals surface area contributed by atoms with Crippen LogP contribution in [-0.2, 0) is 4.79 Å². The van der Waals surface area contributed by atoms with Gasteiger partial charge in [-0.1, -0.05) is 6.07 Å². The van der Waals surface area contributed by atoms with Gasteiger partial charge in [-0.25, -0.2) is 4.39 Å². The largest absolute Gasteiger partial charge is 0.326 e. The van der Waals surface area contributed by atoms with Crippen LogP contribution < -0.4 is 5.32 Å². The van der Waals surface area contributed by atoms with Crippen molar-refractivity contribution in [2.24, 2.45) is 0 Å². The van der Waals surface area contributed by atoms with Crippen molar-refractivity contribution in [1.82, 2.24) is 0 Å². The summed E-state index contributed by atoms with van der Waals surface area (Å²) in [5.74, 6) is 0.0492. The molecule has 0 heterocycles. The number of benzene rings is 1. The van der Waals surface area contributed by atoms with Crippen LogP contribution in [0.1, 0.15) is 31.2 Å². The predicted octanol–water partition coefficient (Wildman–Crippen LogP) is 2.66. The van der Waals surface area contributed by atoms with Crippen LogP contribution in [0.25, 0.3) is 0 Å². The van der Waals surface area contributed by atoms with Crippen LogP contribution in [0.2, 0.25) is 0 Å². The van der Waals surface area contributed by atoms with Crippen LogP contribution in [0.4, 0.5) is 10.1 Å². The van der Waals surface area contributed by atoms with E-state index in [1.165, 1.54) is 19.1 Å². The molecular weight excluding hydrogens is 181 g/mol. The van der Waals surface area contributed by atoms with Gasteiger partial charge >= 0.3 is 0 Å². The molecule has 0 radical (unpaired) electrons. The molecule has 1 N–H and O–H groups in total. The average Bonchev–Trinajstić information content (AvgIpc) is 2.86. The highest BCUT2D eigenvalue weighted by Gasteiger charge is 2.26. The van der Waals surface area contributed by atoms with Crippen LogP contribution in [0, 0.1) is 5.82 Å². The van der Waals surface area contributed by atoms with Crippen LogP contribution in [-0.4, -0.2) is 5.91 Å². The van der Waals surface area contributed by atoms with Gasteiger partial charge in [-0.3, -0.25) is 4.79 Å². The van der Waals surface area contributed by atoms with E-state index in [-0.39, 0.29) is 11.7 Å². The first-order valence-corrected chi connectivity index (χ1v) is 4.74. The maximum absolute atomic E-state index is 12.9. The normalized spacial score (nSPS) is 15.3. The molecule has 0 saturated heterocycles. The summed E-state index contributed by atoms with van der Waals surface area (Å²) in [6.45, 7) is 1.43. The fourth-order valence-corrected chi connectivity index (χ4v) is 1.58. The first-order valence-electron chi connectivity index (χ1n) is 4.74. The number of carbonyl (C=O) groups is 1. The number of hydrogen-bond acceptors (Lipinski definition) is 1. The molecule has 1 aliphatic rings. The van der Waals surface area contributed by atoms with Crippen molar-refractivity contribution in [2.75, 3.05) is 5.32 Å². The van der Waals surface area contributed by atoms with Crippen molar-refractivity contribution >= 4 is 11.6 Å². The molecule has 0 unspecified atom stereocenters. The van der Waals surface area contributed by atoms with E-state index in [2.05, 4.69) is 5.32 Å². The summed E-state index contributed by atoms with van der Waals surface area (Å²) in [6, 6.07) is 4.59. The topological polar surface area (TPSA) is 29.1 Å². The summed E-state index contributed by atoms with van der Waals surface area (Å²) in [5.41, 5.74) is 1.68. The van der Waals surface area contributed by atoms with Crippen LogP contribution in [0.5, 0.6) is 0 Å². The van der Waals surface area contributed by atoms with Crippen molar-refractivity contribution in [1.29, 1.82) is 0 Å². The molecule has 1 saturated carbocycles. The van der Waals surface area contributed by atoms with Gasteiger partial charge in [0.05, 0.1) is 0 Å². The van der Waals surface area contributed by atoms with E-state index in [4.69, 9.17) is 0 Å². The zero-order valence-corrected chi connectivity index (χ0v) is 8.01. The number of anilines is 1. The van der Waals surface area contributed by atoms with Gasteiger partial charge in [0, 0.05) is 12.6 Å². The Morgan fingerprint density at radius 1 is 1.50 bits per heavy atom. The third kappa shape index (κ3) is 1.92. The van der Waals surface area contributed by atoms with Gasteiger partial charge < -0.3 is 5.32 Å². The smallest absolute Gasteiger partial charge is 0.221 e. The lowest BCUT2D eigenvalue weighted by molar-refractivity contribution is -0.114. The standard InChI is InChI=1S/C11H12FNO/c1-7(14)13-11-6-9(12)4-5-10(11)8-2-3-8/h4-6,8H,2-3H2,1H3,(H,13,14). The minimum absolute atomic E-state index is 0.155. The van der Waals surface area contributed by atoms with Gasteiger partial charge in [0.2, 0.25) is 5.91 Å². The Hall–Kier alpha value is -1.38. The van der Waals surface area contributed by atoms with Gasteiger partial charge in [0.15, 0.2) is 0 Å². The predicted molar refractivity (Wildman–Crippen MR) is 52.7 cm³/mol. The summed E-state index contributed by atoms with van der Waals surface area (Å²) in [6.07, 6.45) is 2.27. The maximum atomic E-state index is 12.9. The third-order valence-corrected chi connectivity index (χ3v) is 2.34. The van der Waals surface area contributed by atoms with Crippen molar-refractivity contribution in [3.63, 3.8) is 0 Å². The van der Waals surface area contributed by atoms with Crippen LogP contribution in [0.3, 0.4) is 0 Å². The number of rotatable bonds is 2. The van der Waals surface area contributed by atoms with Gasteiger partial charge in [0.25, 0.3) is 0 Å². The molecule has 0 atom stereocenters. The molecule has 74 valence electrons. The molecular formula is C11H12FNO. The van der Waals surface area contributed by atoms with E-state index in [1.807, 2.05) is 0 Å². The van der Waals surface area contributed by atoms with Gasteiger partial charge in [-0.2, -0.15) is 0 Å². The fraction of sp³-hybridized carbons (Fsp3) is 0.364. The summed E-state index contributed by atoms with van der Waals surface area (Å²) in [5, 5.41) is 2.66. The highest BCUT2D eigenvalue weighted by molar-refractivity contribution is 5.89. The molecule has 2 nitrogen and oxygen atoms in total. The highest BCUT2D eigenvalue weighted by atomic mass is 19.1. The van der Waals surface area contributed by atoms with Gasteiger partial charge in [0.1, 0.15) is 5.82 Å². The second-order valence-electron chi connectivity index (χ2n) is 3.69. The molecule has 0 aromatic heterocycles. The first-order chi connectivity index (χ1) is 6.66. The summed E-state index contributed by atoms with van der Waals surface area (Å²) in [4.78, 5) is 10.9. The van der Waals surface area contributed by atoms with Crippen molar-refractivity contribution in [2.45, 2.75) is 25.7 Å². The molecule has 1 aromatic rings. The lowest BCUT2D eigenvalue weighted by Gasteiger charge is -2.08. The first kappa shape index (κ1) is 9.19. The van der Waals surface area contributed by atoms with Gasteiger partial charge in [-0.05, 0) is 36.5 Å². The van der Waals surface area contributed by atoms with E-state index in [9.17, 15) is 9.18 Å².